The van der Waals surface area contributed by atoms with Crippen molar-refractivity contribution in [2.75, 3.05) is 0 Å². The van der Waals surface area contributed by atoms with Gasteiger partial charge < -0.3 is 4.74 Å². The van der Waals surface area contributed by atoms with Crippen LogP contribution in [0.4, 0.5) is 0 Å². The minimum atomic E-state index is -0.805. The van der Waals surface area contributed by atoms with Crippen LogP contribution in [0.3, 0.4) is 0 Å². The normalized spacial score (nSPS) is 10.2. The van der Waals surface area contributed by atoms with E-state index in [2.05, 4.69) is 4.98 Å². The summed E-state index contributed by atoms with van der Waals surface area (Å²) in [6, 6.07) is 6.44. The number of pyridine rings is 1. The third-order valence-electron chi connectivity index (χ3n) is 2.82. The van der Waals surface area contributed by atoms with Crippen molar-refractivity contribution in [2.24, 2.45) is 0 Å². The molecular weight excluding hydrogens is 347 g/mol. The number of hydrogen-bond acceptors (Lipinski definition) is 4. The van der Waals surface area contributed by atoms with Crippen LogP contribution in [-0.2, 0) is 0 Å². The molecule has 0 spiro atoms. The Morgan fingerprint density at radius 2 is 1.77 bits per heavy atom. The molecule has 112 valence electrons. The van der Waals surface area contributed by atoms with Crippen molar-refractivity contribution in [3.63, 3.8) is 0 Å². The van der Waals surface area contributed by atoms with Gasteiger partial charge in [-0.15, -0.1) is 0 Å². The zero-order valence-corrected chi connectivity index (χ0v) is 13.8. The van der Waals surface area contributed by atoms with Crippen molar-refractivity contribution in [2.45, 2.75) is 13.8 Å². The number of aryl methyl sites for hydroxylation is 2. The highest BCUT2D eigenvalue weighted by molar-refractivity contribution is 6.41. The molecule has 0 bridgehead atoms. The lowest BCUT2D eigenvalue weighted by atomic mass is 10.1. The van der Waals surface area contributed by atoms with Crippen molar-refractivity contribution in [3.8, 4) is 11.9 Å². The minimum absolute atomic E-state index is 0.0300. The summed E-state index contributed by atoms with van der Waals surface area (Å²) in [6.45, 7) is 3.46. The van der Waals surface area contributed by atoms with Crippen LogP contribution in [0.2, 0.25) is 15.1 Å². The van der Waals surface area contributed by atoms with E-state index in [1.54, 1.807) is 19.9 Å². The fourth-order valence-corrected chi connectivity index (χ4v) is 2.86. The molecule has 1 aromatic heterocycles. The number of nitriles is 1. The molecule has 2 aromatic rings. The van der Waals surface area contributed by atoms with Crippen LogP contribution < -0.4 is 4.74 Å². The summed E-state index contributed by atoms with van der Waals surface area (Å²) in [5, 5.41) is 9.59. The lowest BCUT2D eigenvalue weighted by molar-refractivity contribution is 0.0727. The van der Waals surface area contributed by atoms with E-state index < -0.39 is 5.97 Å². The Morgan fingerprint density at radius 1 is 1.18 bits per heavy atom. The Balaban J connectivity index is 2.45. The van der Waals surface area contributed by atoms with E-state index in [9.17, 15) is 4.79 Å². The van der Waals surface area contributed by atoms with Gasteiger partial charge >= 0.3 is 5.97 Å². The Bertz CT molecular complexity index is 790. The summed E-state index contributed by atoms with van der Waals surface area (Å²) in [5.41, 5.74) is 1.43. The molecule has 0 aliphatic carbocycles. The molecule has 0 fully saturated rings. The monoisotopic (exact) mass is 354 g/mol. The number of carbonyl (C=O) groups is 1. The first-order chi connectivity index (χ1) is 10.3. The summed E-state index contributed by atoms with van der Waals surface area (Å²) in [7, 11) is 0. The number of halogens is 3. The largest absolute Gasteiger partial charge is 0.402 e. The molecule has 0 saturated heterocycles. The maximum absolute atomic E-state index is 12.3. The number of ether oxygens (including phenoxy) is 1. The molecule has 22 heavy (non-hydrogen) atoms. The van der Waals surface area contributed by atoms with E-state index in [-0.39, 0.29) is 27.1 Å². The van der Waals surface area contributed by atoms with Gasteiger partial charge in [0.15, 0.2) is 0 Å². The van der Waals surface area contributed by atoms with Gasteiger partial charge in [0.05, 0.1) is 15.6 Å². The van der Waals surface area contributed by atoms with Crippen molar-refractivity contribution < 1.29 is 9.53 Å². The van der Waals surface area contributed by atoms with Crippen LogP contribution >= 0.6 is 34.8 Å². The zero-order valence-electron chi connectivity index (χ0n) is 11.6. The highest BCUT2D eigenvalue weighted by atomic mass is 35.5. The first-order valence-electron chi connectivity index (χ1n) is 6.08. The van der Waals surface area contributed by atoms with Crippen molar-refractivity contribution in [3.05, 3.63) is 55.7 Å². The van der Waals surface area contributed by atoms with E-state index >= 15 is 0 Å². The third kappa shape index (κ3) is 3.33. The summed E-state index contributed by atoms with van der Waals surface area (Å²) in [5.74, 6) is -0.882. The second-order valence-corrected chi connectivity index (χ2v) is 5.76. The maximum Gasteiger partial charge on any atom is 0.347 e. The fraction of sp³-hybridized carbons (Fsp3) is 0.133. The van der Waals surface area contributed by atoms with E-state index in [1.807, 2.05) is 6.07 Å². The van der Waals surface area contributed by atoms with Crippen LogP contribution in [0.15, 0.2) is 18.2 Å². The van der Waals surface area contributed by atoms with E-state index in [0.29, 0.717) is 16.3 Å². The number of carbonyl (C=O) groups excluding carboxylic acids is 1. The molecule has 0 saturated carbocycles. The second-order valence-electron chi connectivity index (χ2n) is 4.51. The van der Waals surface area contributed by atoms with Gasteiger partial charge in [0.25, 0.3) is 0 Å². The van der Waals surface area contributed by atoms with Crippen LogP contribution in [0.1, 0.15) is 27.2 Å². The molecule has 1 aromatic carbocycles. The number of hydrogen-bond donors (Lipinski definition) is 0. The van der Waals surface area contributed by atoms with Crippen LogP contribution in [0.5, 0.6) is 5.88 Å². The van der Waals surface area contributed by atoms with Crippen molar-refractivity contribution >= 4 is 40.8 Å². The van der Waals surface area contributed by atoms with Crippen molar-refractivity contribution in [1.82, 2.24) is 4.98 Å². The highest BCUT2D eigenvalue weighted by Crippen LogP contribution is 2.30. The molecule has 0 N–H and O–H groups in total. The van der Waals surface area contributed by atoms with E-state index in [4.69, 9.17) is 44.8 Å². The number of aromatic nitrogens is 1. The van der Waals surface area contributed by atoms with E-state index in [0.717, 1.165) is 0 Å². The van der Waals surface area contributed by atoms with Crippen LogP contribution in [0.25, 0.3) is 0 Å². The predicted molar refractivity (Wildman–Crippen MR) is 84.9 cm³/mol. The first kappa shape index (κ1) is 16.6. The van der Waals surface area contributed by atoms with Gasteiger partial charge in [-0.2, -0.15) is 5.26 Å². The first-order valence-corrected chi connectivity index (χ1v) is 7.22. The predicted octanol–water partition coefficient (Wildman–Crippen LogP) is 4.75. The van der Waals surface area contributed by atoms with Gasteiger partial charge in [-0.1, -0.05) is 34.8 Å². The highest BCUT2D eigenvalue weighted by Gasteiger charge is 2.21. The molecule has 2 rings (SSSR count). The van der Waals surface area contributed by atoms with Crippen LogP contribution in [-0.4, -0.2) is 11.0 Å². The Hall–Kier alpha value is -1.80. The van der Waals surface area contributed by atoms with Gasteiger partial charge in [0, 0.05) is 10.7 Å². The molecule has 0 radical (unpaired) electrons. The Morgan fingerprint density at radius 3 is 2.32 bits per heavy atom. The average Bonchev–Trinajstić information content (AvgIpc) is 2.36. The Kier molecular flexibility index (Phi) is 4.92. The minimum Gasteiger partial charge on any atom is -0.402 e. The second kappa shape index (κ2) is 6.53. The SMILES string of the molecule is Cc1cc(C)c(C#N)c(OC(=O)c2c(Cl)cc(Cl)cc2Cl)n1. The standard InChI is InChI=1S/C15H9Cl3N2O2/c1-7-3-8(2)20-14(10(7)6-19)22-15(21)13-11(17)4-9(16)5-12(13)18/h3-5H,1-2H3. The summed E-state index contributed by atoms with van der Waals surface area (Å²) in [6.07, 6.45) is 0. The smallest absolute Gasteiger partial charge is 0.347 e. The lowest BCUT2D eigenvalue weighted by Gasteiger charge is -2.10. The van der Waals surface area contributed by atoms with E-state index in [1.165, 1.54) is 12.1 Å². The molecule has 0 aliphatic heterocycles. The summed E-state index contributed by atoms with van der Waals surface area (Å²) < 4.78 is 5.20. The van der Waals surface area contributed by atoms with Crippen molar-refractivity contribution in [1.29, 1.82) is 5.26 Å². The quantitative estimate of drug-likeness (QED) is 0.729. The molecule has 4 nitrogen and oxygen atoms in total. The molecule has 7 heteroatoms. The van der Waals surface area contributed by atoms with Gasteiger partial charge in [0.1, 0.15) is 11.6 Å². The zero-order chi connectivity index (χ0) is 16.4. The van der Waals surface area contributed by atoms with Crippen LogP contribution in [0, 0.1) is 25.2 Å². The molecule has 0 unspecified atom stereocenters. The average molecular weight is 356 g/mol. The van der Waals surface area contributed by atoms with Gasteiger partial charge in [-0.3, -0.25) is 0 Å². The lowest BCUT2D eigenvalue weighted by Crippen LogP contribution is -2.13. The summed E-state index contributed by atoms with van der Waals surface area (Å²) in [4.78, 5) is 16.3. The molecule has 0 atom stereocenters. The topological polar surface area (TPSA) is 63.0 Å². The number of rotatable bonds is 2. The molecule has 1 heterocycles. The van der Waals surface area contributed by atoms with Gasteiger partial charge in [0.2, 0.25) is 5.88 Å². The molecular formula is C15H9Cl3N2O2. The molecule has 0 aliphatic rings. The number of nitrogens with zero attached hydrogens (tertiary/aromatic N) is 2. The van der Waals surface area contributed by atoms with Gasteiger partial charge in [-0.05, 0) is 37.6 Å². The number of esters is 1. The fourth-order valence-electron chi connectivity index (χ4n) is 1.89. The maximum atomic E-state index is 12.3. The molecule has 0 amide bonds. The Labute approximate surface area is 142 Å². The third-order valence-corrected chi connectivity index (χ3v) is 3.64. The number of benzene rings is 1. The van der Waals surface area contributed by atoms with Gasteiger partial charge in [-0.25, -0.2) is 9.78 Å². The summed E-state index contributed by atoms with van der Waals surface area (Å²) >= 11 is 17.8.